The van der Waals surface area contributed by atoms with Crippen LogP contribution in [0.2, 0.25) is 0 Å². The van der Waals surface area contributed by atoms with E-state index in [0.29, 0.717) is 26.2 Å². The molecule has 0 bridgehead atoms. The standard InChI is InChI=1S/C26H28FN3O4S/c1-34-23-11-9-22(10-12-23)29-15-17-30(18-16-29)26(31)25(19-20-5-3-2-4-6-20)28-35(32,33)24-13-7-21(27)8-14-24/h2-14,25,28H,15-19H2,1H3/t25-/m0/s1. The van der Waals surface area contributed by atoms with Gasteiger partial charge in [0.25, 0.3) is 0 Å². The van der Waals surface area contributed by atoms with E-state index in [4.69, 9.17) is 4.74 Å². The molecule has 1 heterocycles. The highest BCUT2D eigenvalue weighted by Gasteiger charge is 2.31. The summed E-state index contributed by atoms with van der Waals surface area (Å²) in [6, 6.07) is 20.6. The predicted molar refractivity (Wildman–Crippen MR) is 132 cm³/mol. The minimum atomic E-state index is -4.03. The molecule has 35 heavy (non-hydrogen) atoms. The molecule has 1 atom stereocenters. The summed E-state index contributed by atoms with van der Waals surface area (Å²) >= 11 is 0. The smallest absolute Gasteiger partial charge is 0.241 e. The number of halogens is 1. The van der Waals surface area contributed by atoms with Crippen molar-refractivity contribution in [3.8, 4) is 5.75 Å². The quantitative estimate of drug-likeness (QED) is 0.518. The summed E-state index contributed by atoms with van der Waals surface area (Å²) in [6.07, 6.45) is 0.207. The van der Waals surface area contributed by atoms with Gasteiger partial charge in [0.1, 0.15) is 17.6 Å². The predicted octanol–water partition coefficient (Wildman–Crippen LogP) is 3.07. The average Bonchev–Trinajstić information content (AvgIpc) is 2.89. The van der Waals surface area contributed by atoms with E-state index in [2.05, 4.69) is 9.62 Å². The molecule has 1 amide bonds. The van der Waals surface area contributed by atoms with Crippen molar-refractivity contribution in [3.05, 3.63) is 90.2 Å². The Labute approximate surface area is 205 Å². The van der Waals surface area contributed by atoms with Crippen LogP contribution in [0.15, 0.2) is 83.8 Å². The largest absolute Gasteiger partial charge is 0.497 e. The molecule has 0 radical (unpaired) electrons. The van der Waals surface area contributed by atoms with Crippen LogP contribution in [-0.4, -0.2) is 58.6 Å². The molecule has 1 aliphatic heterocycles. The summed E-state index contributed by atoms with van der Waals surface area (Å²) in [5, 5.41) is 0. The Hall–Kier alpha value is -3.43. The fourth-order valence-corrected chi connectivity index (χ4v) is 5.29. The molecule has 0 saturated carbocycles. The van der Waals surface area contributed by atoms with Crippen molar-refractivity contribution in [1.82, 2.24) is 9.62 Å². The van der Waals surface area contributed by atoms with Crippen molar-refractivity contribution in [2.75, 3.05) is 38.2 Å². The van der Waals surface area contributed by atoms with E-state index < -0.39 is 21.9 Å². The van der Waals surface area contributed by atoms with Crippen LogP contribution < -0.4 is 14.4 Å². The van der Waals surface area contributed by atoms with Gasteiger partial charge in [-0.15, -0.1) is 0 Å². The highest BCUT2D eigenvalue weighted by molar-refractivity contribution is 7.89. The van der Waals surface area contributed by atoms with E-state index in [1.807, 2.05) is 54.6 Å². The van der Waals surface area contributed by atoms with E-state index in [0.717, 1.165) is 29.1 Å². The molecule has 1 saturated heterocycles. The first kappa shape index (κ1) is 24.7. The van der Waals surface area contributed by atoms with Crippen LogP contribution in [0, 0.1) is 5.82 Å². The summed E-state index contributed by atoms with van der Waals surface area (Å²) in [7, 11) is -2.41. The van der Waals surface area contributed by atoms with Crippen LogP contribution in [0.4, 0.5) is 10.1 Å². The second-order valence-corrected chi connectivity index (χ2v) is 10.0. The van der Waals surface area contributed by atoms with Crippen LogP contribution in [0.1, 0.15) is 5.56 Å². The van der Waals surface area contributed by atoms with E-state index in [-0.39, 0.29) is 17.2 Å². The maximum absolute atomic E-state index is 13.5. The number of piperazine rings is 1. The molecule has 184 valence electrons. The molecule has 0 aliphatic carbocycles. The monoisotopic (exact) mass is 497 g/mol. The lowest BCUT2D eigenvalue weighted by Crippen LogP contribution is -2.55. The number of hydrogen-bond donors (Lipinski definition) is 1. The summed E-state index contributed by atoms with van der Waals surface area (Å²) < 4.78 is 47.1. The number of carbonyl (C=O) groups excluding carboxylic acids is 1. The van der Waals surface area contributed by atoms with E-state index in [1.165, 1.54) is 12.1 Å². The Kier molecular flexibility index (Phi) is 7.67. The van der Waals surface area contributed by atoms with Gasteiger partial charge in [0.15, 0.2) is 0 Å². The summed E-state index contributed by atoms with van der Waals surface area (Å²) in [6.45, 7) is 2.19. The minimum Gasteiger partial charge on any atom is -0.497 e. The molecule has 1 fully saturated rings. The van der Waals surface area contributed by atoms with Crippen LogP contribution in [0.3, 0.4) is 0 Å². The van der Waals surface area contributed by atoms with Crippen molar-refractivity contribution < 1.29 is 22.3 Å². The maximum atomic E-state index is 13.5. The van der Waals surface area contributed by atoms with Crippen molar-refractivity contribution in [3.63, 3.8) is 0 Å². The fraction of sp³-hybridized carbons (Fsp3) is 0.269. The van der Waals surface area contributed by atoms with Gasteiger partial charge in [0.05, 0.1) is 12.0 Å². The topological polar surface area (TPSA) is 79.0 Å². The van der Waals surface area contributed by atoms with Gasteiger partial charge in [-0.3, -0.25) is 4.79 Å². The number of methoxy groups -OCH3 is 1. The molecular weight excluding hydrogens is 469 g/mol. The number of anilines is 1. The number of sulfonamides is 1. The van der Waals surface area contributed by atoms with Gasteiger partial charge >= 0.3 is 0 Å². The highest BCUT2D eigenvalue weighted by Crippen LogP contribution is 2.21. The summed E-state index contributed by atoms with van der Waals surface area (Å²) in [5.74, 6) is -0.0377. The Balaban J connectivity index is 1.48. The summed E-state index contributed by atoms with van der Waals surface area (Å²) in [4.78, 5) is 17.3. The number of carbonyl (C=O) groups is 1. The zero-order valence-corrected chi connectivity index (χ0v) is 20.2. The second kappa shape index (κ2) is 10.9. The third-order valence-electron chi connectivity index (χ3n) is 6.03. The van der Waals surface area contributed by atoms with Gasteiger partial charge < -0.3 is 14.5 Å². The van der Waals surface area contributed by atoms with Gasteiger partial charge in [-0.2, -0.15) is 4.72 Å². The van der Waals surface area contributed by atoms with Gasteiger partial charge in [0.2, 0.25) is 15.9 Å². The third-order valence-corrected chi connectivity index (χ3v) is 7.52. The fourth-order valence-electron chi connectivity index (χ4n) is 4.10. The Morgan fingerprint density at radius 2 is 1.57 bits per heavy atom. The third kappa shape index (κ3) is 6.17. The van der Waals surface area contributed by atoms with Crippen molar-refractivity contribution >= 4 is 21.6 Å². The highest BCUT2D eigenvalue weighted by atomic mass is 32.2. The van der Waals surface area contributed by atoms with Crippen LogP contribution >= 0.6 is 0 Å². The molecule has 1 N–H and O–H groups in total. The molecular formula is C26H28FN3O4S. The zero-order valence-electron chi connectivity index (χ0n) is 19.4. The number of rotatable bonds is 8. The molecule has 3 aromatic rings. The van der Waals surface area contributed by atoms with Crippen LogP contribution in [0.25, 0.3) is 0 Å². The molecule has 0 aromatic heterocycles. The lowest BCUT2D eigenvalue weighted by molar-refractivity contribution is -0.133. The SMILES string of the molecule is COc1ccc(N2CCN(C(=O)[C@H](Cc3ccccc3)NS(=O)(=O)c3ccc(F)cc3)CC2)cc1. The first-order chi connectivity index (χ1) is 16.9. The number of ether oxygens (including phenoxy) is 1. The number of benzene rings is 3. The first-order valence-electron chi connectivity index (χ1n) is 11.4. The Morgan fingerprint density at radius 3 is 2.17 bits per heavy atom. The normalized spacial score (nSPS) is 15.0. The Morgan fingerprint density at radius 1 is 0.943 bits per heavy atom. The van der Waals surface area contributed by atoms with Gasteiger partial charge in [0, 0.05) is 31.9 Å². The van der Waals surface area contributed by atoms with E-state index in [9.17, 15) is 17.6 Å². The molecule has 7 nitrogen and oxygen atoms in total. The molecule has 0 unspecified atom stereocenters. The number of amides is 1. The van der Waals surface area contributed by atoms with Gasteiger partial charge in [-0.1, -0.05) is 30.3 Å². The van der Waals surface area contributed by atoms with Crippen molar-refractivity contribution in [1.29, 1.82) is 0 Å². The molecule has 1 aliphatic rings. The number of nitrogens with zero attached hydrogens (tertiary/aromatic N) is 2. The van der Waals surface area contributed by atoms with Crippen LogP contribution in [0.5, 0.6) is 5.75 Å². The average molecular weight is 498 g/mol. The zero-order chi connectivity index (χ0) is 24.8. The molecule has 4 rings (SSSR count). The van der Waals surface area contributed by atoms with E-state index in [1.54, 1.807) is 12.0 Å². The minimum absolute atomic E-state index is 0.0888. The lowest BCUT2D eigenvalue weighted by Gasteiger charge is -2.37. The first-order valence-corrected chi connectivity index (χ1v) is 12.8. The van der Waals surface area contributed by atoms with Crippen molar-refractivity contribution in [2.45, 2.75) is 17.4 Å². The van der Waals surface area contributed by atoms with Gasteiger partial charge in [-0.05, 0) is 60.5 Å². The van der Waals surface area contributed by atoms with E-state index >= 15 is 0 Å². The molecule has 9 heteroatoms. The lowest BCUT2D eigenvalue weighted by atomic mass is 10.1. The number of nitrogens with one attached hydrogen (secondary N) is 1. The second-order valence-electron chi connectivity index (χ2n) is 8.33. The van der Waals surface area contributed by atoms with Gasteiger partial charge in [-0.25, -0.2) is 12.8 Å². The van der Waals surface area contributed by atoms with Crippen molar-refractivity contribution in [2.24, 2.45) is 0 Å². The summed E-state index contributed by atoms with van der Waals surface area (Å²) in [5.41, 5.74) is 1.88. The molecule has 3 aromatic carbocycles. The Bertz CT molecular complexity index is 1230. The number of hydrogen-bond acceptors (Lipinski definition) is 5. The maximum Gasteiger partial charge on any atom is 0.241 e. The molecule has 0 spiro atoms. The van der Waals surface area contributed by atoms with Crippen LogP contribution in [-0.2, 0) is 21.2 Å².